The van der Waals surface area contributed by atoms with Crippen molar-refractivity contribution in [3.05, 3.63) is 76.2 Å². The number of carbonyl (C=O) groups excluding carboxylic acids is 1. The average Bonchev–Trinajstić information content (AvgIpc) is 3.25. The van der Waals surface area contributed by atoms with Gasteiger partial charge in [0, 0.05) is 29.0 Å². The van der Waals surface area contributed by atoms with Crippen molar-refractivity contribution in [2.45, 2.75) is 6.18 Å². The van der Waals surface area contributed by atoms with Gasteiger partial charge in [-0.25, -0.2) is 19.0 Å². The number of halogens is 6. The third-order valence-electron chi connectivity index (χ3n) is 4.39. The predicted octanol–water partition coefficient (Wildman–Crippen LogP) is 5.15. The monoisotopic (exact) mass is 527 g/mol. The molecule has 0 bridgehead atoms. The minimum Gasteiger partial charge on any atom is -0.434 e. The van der Waals surface area contributed by atoms with Gasteiger partial charge in [-0.15, -0.1) is 0 Å². The lowest BCUT2D eigenvalue weighted by Crippen LogP contribution is -2.21. The lowest BCUT2D eigenvalue weighted by Gasteiger charge is -2.13. The zero-order chi connectivity index (χ0) is 25.3. The number of nitrogens with zero attached hydrogens (tertiary/aromatic N) is 5. The van der Waals surface area contributed by atoms with Crippen LogP contribution in [0.3, 0.4) is 0 Å². The van der Waals surface area contributed by atoms with Gasteiger partial charge in [0.15, 0.2) is 23.1 Å². The molecule has 0 unspecified atom stereocenters. The van der Waals surface area contributed by atoms with Crippen molar-refractivity contribution in [3.63, 3.8) is 0 Å². The highest BCUT2D eigenvalue weighted by molar-refractivity contribution is 6.34. The smallest absolute Gasteiger partial charge is 0.434 e. The summed E-state index contributed by atoms with van der Waals surface area (Å²) in [7, 11) is 0. The lowest BCUT2D eigenvalue weighted by molar-refractivity contribution is -0.143. The van der Waals surface area contributed by atoms with Crippen LogP contribution >= 0.6 is 23.2 Å². The van der Waals surface area contributed by atoms with Crippen LogP contribution in [-0.4, -0.2) is 30.6 Å². The number of nitrogens with one attached hydrogen (secondary N) is 1. The number of hydrogen-bond donors (Lipinski definition) is 2. The zero-order valence-electron chi connectivity index (χ0n) is 17.0. The van der Waals surface area contributed by atoms with E-state index in [9.17, 15) is 22.4 Å². The van der Waals surface area contributed by atoms with Crippen LogP contribution in [0.1, 0.15) is 16.1 Å². The second-order valence-corrected chi connectivity index (χ2v) is 7.54. The SMILES string of the molecule is Nc1ncnc(Oc2ccc(NC(=O)c3cnn(-c4cc(Cl)ccn4)c3C(F)(F)F)cc2F)c1Cl. The standard InChI is InChI=1S/C20H11Cl2F4N7O2/c21-9-3-4-28-14(5-9)33-16(20(24,25)26)11(7-31-33)18(34)32-10-1-2-13(12(23)6-10)35-19-15(22)17(27)29-8-30-19/h1-8H,(H,32,34)(H2,27,29,30). The Morgan fingerprint density at radius 2 is 1.89 bits per heavy atom. The number of carbonyl (C=O) groups is 1. The van der Waals surface area contributed by atoms with E-state index in [2.05, 4.69) is 25.4 Å². The number of nitrogen functional groups attached to an aromatic ring is 1. The number of amides is 1. The van der Waals surface area contributed by atoms with Gasteiger partial charge in [-0.3, -0.25) is 4.79 Å². The molecule has 0 aliphatic rings. The molecule has 9 nitrogen and oxygen atoms in total. The molecule has 35 heavy (non-hydrogen) atoms. The summed E-state index contributed by atoms with van der Waals surface area (Å²) in [6, 6.07) is 5.67. The molecule has 180 valence electrons. The molecule has 1 aromatic carbocycles. The van der Waals surface area contributed by atoms with Crippen molar-refractivity contribution in [1.29, 1.82) is 0 Å². The van der Waals surface area contributed by atoms with Crippen molar-refractivity contribution in [2.24, 2.45) is 0 Å². The lowest BCUT2D eigenvalue weighted by atomic mass is 10.2. The van der Waals surface area contributed by atoms with Crippen LogP contribution in [0, 0.1) is 5.82 Å². The quantitative estimate of drug-likeness (QED) is 0.344. The van der Waals surface area contributed by atoms with E-state index in [-0.39, 0.29) is 39.0 Å². The van der Waals surface area contributed by atoms with Gasteiger partial charge in [-0.05, 0) is 18.2 Å². The minimum absolute atomic E-state index is 0.0880. The molecule has 0 fully saturated rings. The van der Waals surface area contributed by atoms with Crippen LogP contribution in [0.4, 0.5) is 29.1 Å². The Hall–Kier alpha value is -3.97. The number of rotatable bonds is 5. The number of anilines is 2. The van der Waals surface area contributed by atoms with E-state index in [1.165, 1.54) is 18.3 Å². The third kappa shape index (κ3) is 5.10. The predicted molar refractivity (Wildman–Crippen MR) is 117 cm³/mol. The summed E-state index contributed by atoms with van der Waals surface area (Å²) in [5, 5.41) is 5.81. The van der Waals surface area contributed by atoms with Gasteiger partial charge in [0.25, 0.3) is 5.91 Å². The maximum atomic E-state index is 14.5. The Bertz CT molecular complexity index is 1430. The highest BCUT2D eigenvalue weighted by Crippen LogP contribution is 2.35. The first-order valence-electron chi connectivity index (χ1n) is 9.36. The Morgan fingerprint density at radius 3 is 2.57 bits per heavy atom. The summed E-state index contributed by atoms with van der Waals surface area (Å²) in [6.45, 7) is 0. The van der Waals surface area contributed by atoms with Gasteiger partial charge in [0.05, 0.1) is 11.8 Å². The third-order valence-corrected chi connectivity index (χ3v) is 4.98. The summed E-state index contributed by atoms with van der Waals surface area (Å²) in [4.78, 5) is 23.8. The fourth-order valence-electron chi connectivity index (χ4n) is 2.87. The van der Waals surface area contributed by atoms with Crippen molar-refractivity contribution in [2.75, 3.05) is 11.1 Å². The number of alkyl halides is 3. The van der Waals surface area contributed by atoms with Crippen LogP contribution < -0.4 is 15.8 Å². The molecule has 3 heterocycles. The first-order valence-corrected chi connectivity index (χ1v) is 10.1. The van der Waals surface area contributed by atoms with E-state index in [1.807, 2.05) is 0 Å². The summed E-state index contributed by atoms with van der Waals surface area (Å²) in [5.74, 6) is -3.04. The molecule has 0 radical (unpaired) electrons. The molecule has 1 amide bonds. The van der Waals surface area contributed by atoms with E-state index in [1.54, 1.807) is 0 Å². The number of pyridine rings is 1. The summed E-state index contributed by atoms with van der Waals surface area (Å²) in [6.07, 6.45) is -2.01. The molecule has 3 aromatic heterocycles. The van der Waals surface area contributed by atoms with Gasteiger partial charge in [-0.2, -0.15) is 23.3 Å². The summed E-state index contributed by atoms with van der Waals surface area (Å²) < 4.78 is 61.7. The first kappa shape index (κ1) is 24.2. The first-order chi connectivity index (χ1) is 16.5. The fraction of sp³-hybridized carbons (Fsp3) is 0.0500. The van der Waals surface area contributed by atoms with Gasteiger partial charge >= 0.3 is 6.18 Å². The van der Waals surface area contributed by atoms with Gasteiger partial charge in [0.1, 0.15) is 17.2 Å². The van der Waals surface area contributed by atoms with Gasteiger partial charge in [0.2, 0.25) is 5.88 Å². The molecule has 0 atom stereocenters. The number of ether oxygens (including phenoxy) is 1. The van der Waals surface area contributed by atoms with Crippen LogP contribution in [-0.2, 0) is 6.18 Å². The van der Waals surface area contributed by atoms with E-state index < -0.39 is 29.2 Å². The summed E-state index contributed by atoms with van der Waals surface area (Å²) in [5.41, 5.74) is 3.17. The molecular weight excluding hydrogens is 517 g/mol. The Kier molecular flexibility index (Phi) is 6.45. The number of aromatic nitrogens is 5. The van der Waals surface area contributed by atoms with E-state index in [4.69, 9.17) is 33.7 Å². The van der Waals surface area contributed by atoms with E-state index in [0.29, 0.717) is 4.68 Å². The summed E-state index contributed by atoms with van der Waals surface area (Å²) >= 11 is 11.7. The minimum atomic E-state index is -4.98. The van der Waals surface area contributed by atoms with Crippen molar-refractivity contribution < 1.29 is 27.1 Å². The van der Waals surface area contributed by atoms with Crippen LogP contribution in [0.2, 0.25) is 10.0 Å². The van der Waals surface area contributed by atoms with Crippen molar-refractivity contribution >= 4 is 40.6 Å². The Labute approximate surface area is 203 Å². The highest BCUT2D eigenvalue weighted by Gasteiger charge is 2.41. The normalized spacial score (nSPS) is 11.4. The zero-order valence-corrected chi connectivity index (χ0v) is 18.5. The molecule has 15 heteroatoms. The Balaban J connectivity index is 1.60. The highest BCUT2D eigenvalue weighted by atomic mass is 35.5. The fourth-order valence-corrected chi connectivity index (χ4v) is 3.16. The molecule has 3 N–H and O–H groups in total. The average molecular weight is 528 g/mol. The number of hydrogen-bond acceptors (Lipinski definition) is 7. The molecule has 0 aliphatic heterocycles. The molecule has 4 rings (SSSR count). The maximum absolute atomic E-state index is 14.5. The van der Waals surface area contributed by atoms with Crippen LogP contribution in [0.5, 0.6) is 11.6 Å². The van der Waals surface area contributed by atoms with Gasteiger partial charge in [-0.1, -0.05) is 23.2 Å². The molecule has 4 aromatic rings. The maximum Gasteiger partial charge on any atom is 0.434 e. The van der Waals surface area contributed by atoms with Crippen molar-refractivity contribution in [3.8, 4) is 17.4 Å². The van der Waals surface area contributed by atoms with Crippen LogP contribution in [0.25, 0.3) is 5.82 Å². The van der Waals surface area contributed by atoms with E-state index >= 15 is 0 Å². The second-order valence-electron chi connectivity index (χ2n) is 6.73. The van der Waals surface area contributed by atoms with Gasteiger partial charge < -0.3 is 15.8 Å². The molecular formula is C20H11Cl2F4N7O2. The molecule has 0 spiro atoms. The van der Waals surface area contributed by atoms with Crippen LogP contribution in [0.15, 0.2) is 49.1 Å². The number of nitrogens with two attached hydrogens (primary N) is 1. The largest absolute Gasteiger partial charge is 0.434 e. The van der Waals surface area contributed by atoms with Crippen molar-refractivity contribution in [1.82, 2.24) is 24.7 Å². The number of benzene rings is 1. The topological polar surface area (TPSA) is 121 Å². The van der Waals surface area contributed by atoms with E-state index in [0.717, 1.165) is 30.7 Å². The molecule has 0 saturated heterocycles. The molecule has 0 saturated carbocycles. The molecule has 0 aliphatic carbocycles. The second kappa shape index (κ2) is 9.35. The Morgan fingerprint density at radius 1 is 1.11 bits per heavy atom.